The number of rotatable bonds is 6. The Morgan fingerprint density at radius 3 is 2.35 bits per heavy atom. The van der Waals surface area contributed by atoms with Crippen LogP contribution in [0.4, 0.5) is 0 Å². The second-order valence-electron chi connectivity index (χ2n) is 4.63. The fourth-order valence-electron chi connectivity index (χ4n) is 1.89. The van der Waals surface area contributed by atoms with Crippen molar-refractivity contribution in [3.05, 3.63) is 28.7 Å². The molecule has 0 heterocycles. The number of benzene rings is 1. The minimum absolute atomic E-state index is 0.104. The Labute approximate surface area is 127 Å². The first-order valence-corrected chi connectivity index (χ1v) is 8.41. The third kappa shape index (κ3) is 4.04. The number of nitrogens with one attached hydrogen (secondary N) is 1. The fourth-order valence-corrected chi connectivity index (χ4v) is 3.54. The summed E-state index contributed by atoms with van der Waals surface area (Å²) in [6.45, 7) is 3.40. The van der Waals surface area contributed by atoms with Gasteiger partial charge < -0.3 is 4.74 Å². The molecule has 1 rings (SSSR count). The molecule has 0 radical (unpaired) electrons. The van der Waals surface area contributed by atoms with Crippen LogP contribution in [0.5, 0.6) is 0 Å². The van der Waals surface area contributed by atoms with Crippen LogP contribution < -0.4 is 4.72 Å². The number of halogens is 1. The molecule has 0 fully saturated rings. The average Bonchev–Trinajstić information content (AvgIpc) is 2.37. The largest absolute Gasteiger partial charge is 0.468 e. The van der Waals surface area contributed by atoms with Gasteiger partial charge in [0.1, 0.15) is 5.54 Å². The van der Waals surface area contributed by atoms with E-state index in [1.54, 1.807) is 12.1 Å². The first-order valence-electron chi connectivity index (χ1n) is 6.13. The van der Waals surface area contributed by atoms with Crippen molar-refractivity contribution in [3.63, 3.8) is 0 Å². The second-order valence-corrected chi connectivity index (χ2v) is 7.23. The van der Waals surface area contributed by atoms with Crippen molar-refractivity contribution in [1.82, 2.24) is 4.72 Å². The van der Waals surface area contributed by atoms with E-state index >= 15 is 0 Å². The van der Waals surface area contributed by atoms with Crippen LogP contribution in [0.25, 0.3) is 0 Å². The topological polar surface area (TPSA) is 72.5 Å². The molecule has 0 amide bonds. The van der Waals surface area contributed by atoms with Crippen molar-refractivity contribution in [2.75, 3.05) is 7.11 Å². The molecular formula is C13H18BrNO4S. The van der Waals surface area contributed by atoms with Gasteiger partial charge in [-0.25, -0.2) is 8.42 Å². The second kappa shape index (κ2) is 6.69. The number of ether oxygens (including phenoxy) is 1. The molecule has 1 N–H and O–H groups in total. The SMILES string of the molecule is CCCC(C)(NS(=O)(=O)c1ccc(Br)cc1)C(=O)OC. The van der Waals surface area contributed by atoms with Crippen molar-refractivity contribution in [1.29, 1.82) is 0 Å². The normalized spacial score (nSPS) is 14.6. The summed E-state index contributed by atoms with van der Waals surface area (Å²) in [6, 6.07) is 6.19. The summed E-state index contributed by atoms with van der Waals surface area (Å²) >= 11 is 3.24. The van der Waals surface area contributed by atoms with Crippen LogP contribution in [0.3, 0.4) is 0 Å². The van der Waals surface area contributed by atoms with E-state index in [4.69, 9.17) is 4.74 Å². The van der Waals surface area contributed by atoms with Gasteiger partial charge in [-0.05, 0) is 37.6 Å². The van der Waals surface area contributed by atoms with Gasteiger partial charge in [-0.1, -0.05) is 29.3 Å². The molecule has 1 unspecified atom stereocenters. The van der Waals surface area contributed by atoms with Crippen molar-refractivity contribution in [3.8, 4) is 0 Å². The molecule has 0 saturated carbocycles. The van der Waals surface area contributed by atoms with E-state index in [-0.39, 0.29) is 4.90 Å². The smallest absolute Gasteiger partial charge is 0.326 e. The molecule has 0 aliphatic rings. The summed E-state index contributed by atoms with van der Waals surface area (Å²) in [7, 11) is -2.54. The molecule has 112 valence electrons. The number of esters is 1. The van der Waals surface area contributed by atoms with Crippen LogP contribution in [0.2, 0.25) is 0 Å². The van der Waals surface area contributed by atoms with Gasteiger partial charge in [-0.3, -0.25) is 4.79 Å². The van der Waals surface area contributed by atoms with E-state index in [2.05, 4.69) is 20.7 Å². The van der Waals surface area contributed by atoms with Crippen molar-refractivity contribution in [2.45, 2.75) is 37.1 Å². The Morgan fingerprint density at radius 2 is 1.90 bits per heavy atom. The Morgan fingerprint density at radius 1 is 1.35 bits per heavy atom. The molecule has 1 aromatic carbocycles. The summed E-state index contributed by atoms with van der Waals surface area (Å²) in [5, 5.41) is 0. The predicted octanol–water partition coefficient (Wildman–Crippen LogP) is 2.46. The standard InChI is InChI=1S/C13H18BrNO4S/c1-4-9-13(2,12(16)19-3)15-20(17,18)11-7-5-10(14)6-8-11/h5-8,15H,4,9H2,1-3H3. The minimum atomic E-state index is -3.78. The number of hydrogen-bond donors (Lipinski definition) is 1. The molecule has 1 aromatic rings. The first kappa shape index (κ1) is 17.1. The van der Waals surface area contributed by atoms with Crippen molar-refractivity contribution >= 4 is 31.9 Å². The van der Waals surface area contributed by atoms with Gasteiger partial charge >= 0.3 is 5.97 Å². The zero-order chi connectivity index (χ0) is 15.4. The lowest BCUT2D eigenvalue weighted by molar-refractivity contribution is -0.147. The molecule has 0 bridgehead atoms. The number of carbonyl (C=O) groups excluding carboxylic acids is 1. The first-order chi connectivity index (χ1) is 9.25. The van der Waals surface area contributed by atoms with Crippen LogP contribution in [-0.2, 0) is 19.6 Å². The lowest BCUT2D eigenvalue weighted by Gasteiger charge is -2.27. The maximum absolute atomic E-state index is 12.3. The third-order valence-corrected chi connectivity index (χ3v) is 5.01. The summed E-state index contributed by atoms with van der Waals surface area (Å²) < 4.78 is 32.6. The summed E-state index contributed by atoms with van der Waals surface area (Å²) in [5.74, 6) is -0.597. The highest BCUT2D eigenvalue weighted by atomic mass is 79.9. The molecule has 5 nitrogen and oxygen atoms in total. The average molecular weight is 364 g/mol. The van der Waals surface area contributed by atoms with E-state index in [0.717, 1.165) is 4.47 Å². The zero-order valence-electron chi connectivity index (χ0n) is 11.6. The van der Waals surface area contributed by atoms with E-state index in [1.807, 2.05) is 6.92 Å². The highest BCUT2D eigenvalue weighted by Gasteiger charge is 2.38. The predicted molar refractivity (Wildman–Crippen MR) is 79.8 cm³/mol. The third-order valence-electron chi connectivity index (χ3n) is 2.87. The van der Waals surface area contributed by atoms with Gasteiger partial charge in [0.25, 0.3) is 0 Å². The Hall–Kier alpha value is -0.920. The molecule has 7 heteroatoms. The lowest BCUT2D eigenvalue weighted by Crippen LogP contribution is -2.52. The maximum atomic E-state index is 12.3. The summed E-state index contributed by atoms with van der Waals surface area (Å²) in [4.78, 5) is 11.9. The van der Waals surface area contributed by atoms with Gasteiger partial charge in [-0.2, -0.15) is 4.72 Å². The number of sulfonamides is 1. The monoisotopic (exact) mass is 363 g/mol. The number of carbonyl (C=O) groups is 1. The van der Waals surface area contributed by atoms with Gasteiger partial charge in [0.15, 0.2) is 0 Å². The lowest BCUT2D eigenvalue weighted by atomic mass is 9.98. The van der Waals surface area contributed by atoms with Crippen LogP contribution in [0.1, 0.15) is 26.7 Å². The van der Waals surface area contributed by atoms with E-state index < -0.39 is 21.5 Å². The van der Waals surface area contributed by atoms with Crippen molar-refractivity contribution < 1.29 is 17.9 Å². The Bertz CT molecular complexity index is 571. The molecule has 0 spiro atoms. The highest BCUT2D eigenvalue weighted by Crippen LogP contribution is 2.20. The van der Waals surface area contributed by atoms with Crippen LogP contribution in [0, 0.1) is 0 Å². The van der Waals surface area contributed by atoms with E-state index in [0.29, 0.717) is 12.8 Å². The summed E-state index contributed by atoms with van der Waals surface area (Å²) in [6.07, 6.45) is 1.00. The number of methoxy groups -OCH3 is 1. The molecular weight excluding hydrogens is 346 g/mol. The van der Waals surface area contributed by atoms with Crippen molar-refractivity contribution in [2.24, 2.45) is 0 Å². The van der Waals surface area contributed by atoms with Gasteiger partial charge in [0, 0.05) is 4.47 Å². The molecule has 0 aliphatic heterocycles. The minimum Gasteiger partial charge on any atom is -0.468 e. The molecule has 0 aromatic heterocycles. The quantitative estimate of drug-likeness (QED) is 0.787. The molecule has 0 aliphatic carbocycles. The molecule has 20 heavy (non-hydrogen) atoms. The highest BCUT2D eigenvalue weighted by molar-refractivity contribution is 9.10. The van der Waals surface area contributed by atoms with Crippen LogP contribution >= 0.6 is 15.9 Å². The van der Waals surface area contributed by atoms with Gasteiger partial charge in [0.05, 0.1) is 12.0 Å². The maximum Gasteiger partial charge on any atom is 0.326 e. The van der Waals surface area contributed by atoms with Crippen LogP contribution in [-0.4, -0.2) is 27.0 Å². The van der Waals surface area contributed by atoms with Crippen LogP contribution in [0.15, 0.2) is 33.6 Å². The summed E-state index contributed by atoms with van der Waals surface area (Å²) in [5.41, 5.74) is -1.27. The fraction of sp³-hybridized carbons (Fsp3) is 0.462. The molecule has 0 saturated heterocycles. The number of hydrogen-bond acceptors (Lipinski definition) is 4. The Kier molecular flexibility index (Phi) is 5.73. The van der Waals surface area contributed by atoms with E-state index in [9.17, 15) is 13.2 Å². The van der Waals surface area contributed by atoms with E-state index in [1.165, 1.54) is 26.2 Å². The van der Waals surface area contributed by atoms with Gasteiger partial charge in [0.2, 0.25) is 10.0 Å². The zero-order valence-corrected chi connectivity index (χ0v) is 14.0. The molecule has 1 atom stereocenters. The van der Waals surface area contributed by atoms with Gasteiger partial charge in [-0.15, -0.1) is 0 Å². The Balaban J connectivity index is 3.09.